The third kappa shape index (κ3) is 2.64. The number of rotatable bonds is 2. The molecule has 15 heavy (non-hydrogen) atoms. The van der Waals surface area contributed by atoms with Crippen molar-refractivity contribution < 1.29 is 0 Å². The highest BCUT2D eigenvalue weighted by atomic mass is 79.9. The van der Waals surface area contributed by atoms with Crippen LogP contribution in [0, 0.1) is 5.92 Å². The summed E-state index contributed by atoms with van der Waals surface area (Å²) in [7, 11) is 0. The minimum Gasteiger partial charge on any atom is -0.380 e. The van der Waals surface area contributed by atoms with E-state index in [1.165, 1.54) is 19.3 Å². The van der Waals surface area contributed by atoms with Crippen molar-refractivity contribution in [2.75, 3.05) is 5.32 Å². The van der Waals surface area contributed by atoms with Crippen molar-refractivity contribution in [1.29, 1.82) is 0 Å². The van der Waals surface area contributed by atoms with Crippen LogP contribution in [0.15, 0.2) is 16.7 Å². The molecule has 2 rings (SSSR count). The van der Waals surface area contributed by atoms with Gasteiger partial charge < -0.3 is 5.32 Å². The predicted molar refractivity (Wildman–Crippen MR) is 67.4 cm³/mol. The van der Waals surface area contributed by atoms with E-state index in [1.807, 2.05) is 6.07 Å². The van der Waals surface area contributed by atoms with Gasteiger partial charge in [0.05, 0.1) is 5.69 Å². The monoisotopic (exact) mass is 288 g/mol. The lowest BCUT2D eigenvalue weighted by Gasteiger charge is -2.19. The number of aromatic nitrogens is 1. The fraction of sp³-hybridized carbons (Fsp3) is 0.545. The second-order valence-electron chi connectivity index (χ2n) is 4.15. The lowest BCUT2D eigenvalue weighted by molar-refractivity contribution is 0.556. The highest BCUT2D eigenvalue weighted by Crippen LogP contribution is 2.31. The molecule has 1 aromatic heterocycles. The zero-order valence-electron chi connectivity index (χ0n) is 8.63. The van der Waals surface area contributed by atoms with E-state index >= 15 is 0 Å². The van der Waals surface area contributed by atoms with Crippen molar-refractivity contribution in [2.24, 2.45) is 5.92 Å². The van der Waals surface area contributed by atoms with E-state index in [2.05, 4.69) is 33.2 Å². The lowest BCUT2D eigenvalue weighted by atomic mass is 10.1. The fourth-order valence-corrected chi connectivity index (χ4v) is 2.57. The van der Waals surface area contributed by atoms with E-state index in [1.54, 1.807) is 6.20 Å². The summed E-state index contributed by atoms with van der Waals surface area (Å²) in [4.78, 5) is 4.10. The Morgan fingerprint density at radius 2 is 2.33 bits per heavy atom. The van der Waals surface area contributed by atoms with Crippen molar-refractivity contribution in [3.8, 4) is 0 Å². The number of halogens is 2. The molecule has 1 aliphatic carbocycles. The van der Waals surface area contributed by atoms with Crippen LogP contribution in [0.1, 0.15) is 26.2 Å². The number of anilines is 1. The van der Waals surface area contributed by atoms with Crippen LogP contribution < -0.4 is 5.32 Å². The van der Waals surface area contributed by atoms with Crippen LogP contribution in [-0.2, 0) is 0 Å². The third-order valence-corrected chi connectivity index (χ3v) is 3.74. The Labute approximate surface area is 104 Å². The zero-order chi connectivity index (χ0) is 10.8. The molecule has 1 fully saturated rings. The van der Waals surface area contributed by atoms with Gasteiger partial charge in [0.1, 0.15) is 0 Å². The van der Waals surface area contributed by atoms with Gasteiger partial charge >= 0.3 is 0 Å². The molecular formula is C11H14BrClN2. The largest absolute Gasteiger partial charge is 0.380 e. The maximum atomic E-state index is 6.03. The summed E-state index contributed by atoms with van der Waals surface area (Å²) in [6, 6.07) is 2.53. The Bertz CT molecular complexity index is 356. The van der Waals surface area contributed by atoms with Gasteiger partial charge in [-0.2, -0.15) is 0 Å². The minimum absolute atomic E-state index is 0.540. The molecule has 0 spiro atoms. The van der Waals surface area contributed by atoms with Gasteiger partial charge in [0, 0.05) is 16.7 Å². The van der Waals surface area contributed by atoms with Crippen LogP contribution in [0.4, 0.5) is 5.69 Å². The summed E-state index contributed by atoms with van der Waals surface area (Å²) in [6.07, 6.45) is 5.55. The predicted octanol–water partition coefficient (Wildman–Crippen LogP) is 4.10. The fourth-order valence-electron chi connectivity index (χ4n) is 2.08. The van der Waals surface area contributed by atoms with Gasteiger partial charge in [-0.1, -0.05) is 24.9 Å². The van der Waals surface area contributed by atoms with Crippen molar-refractivity contribution in [2.45, 2.75) is 32.2 Å². The first-order chi connectivity index (χ1) is 7.16. The first kappa shape index (κ1) is 11.2. The molecular weight excluding hydrogens is 275 g/mol. The molecule has 2 unspecified atom stereocenters. The van der Waals surface area contributed by atoms with E-state index in [4.69, 9.17) is 11.6 Å². The molecule has 1 saturated carbocycles. The van der Waals surface area contributed by atoms with Crippen molar-refractivity contribution >= 4 is 33.2 Å². The molecule has 1 N–H and O–H groups in total. The lowest BCUT2D eigenvalue weighted by Crippen LogP contribution is -2.22. The molecule has 2 nitrogen and oxygen atoms in total. The average Bonchev–Trinajstić information content (AvgIpc) is 2.58. The summed E-state index contributed by atoms with van der Waals surface area (Å²) in [6.45, 7) is 2.28. The van der Waals surface area contributed by atoms with Crippen LogP contribution in [0.2, 0.25) is 5.15 Å². The van der Waals surface area contributed by atoms with E-state index < -0.39 is 0 Å². The number of nitrogens with one attached hydrogen (secondary N) is 1. The first-order valence-corrected chi connectivity index (χ1v) is 6.41. The van der Waals surface area contributed by atoms with E-state index in [0.29, 0.717) is 11.2 Å². The Hall–Kier alpha value is -0.280. The smallest absolute Gasteiger partial charge is 0.152 e. The quantitative estimate of drug-likeness (QED) is 0.829. The van der Waals surface area contributed by atoms with Gasteiger partial charge in [0.25, 0.3) is 0 Å². The molecule has 1 aliphatic rings. The van der Waals surface area contributed by atoms with Crippen LogP contribution in [0.3, 0.4) is 0 Å². The summed E-state index contributed by atoms with van der Waals surface area (Å²) < 4.78 is 0.958. The normalized spacial score (nSPS) is 25.5. The second kappa shape index (κ2) is 4.71. The molecule has 0 saturated heterocycles. The highest BCUT2D eigenvalue weighted by Gasteiger charge is 2.23. The van der Waals surface area contributed by atoms with E-state index in [-0.39, 0.29) is 0 Å². The van der Waals surface area contributed by atoms with Gasteiger partial charge in [0.2, 0.25) is 0 Å². The summed E-state index contributed by atoms with van der Waals surface area (Å²) >= 11 is 9.43. The van der Waals surface area contributed by atoms with Gasteiger partial charge in [-0.15, -0.1) is 0 Å². The minimum atomic E-state index is 0.540. The van der Waals surface area contributed by atoms with Gasteiger partial charge in [-0.05, 0) is 40.8 Å². The summed E-state index contributed by atoms with van der Waals surface area (Å²) in [5.74, 6) is 0.722. The molecule has 0 aliphatic heterocycles. The van der Waals surface area contributed by atoms with Crippen molar-refractivity contribution in [3.05, 3.63) is 21.9 Å². The van der Waals surface area contributed by atoms with E-state index in [9.17, 15) is 0 Å². The van der Waals surface area contributed by atoms with Crippen LogP contribution in [-0.4, -0.2) is 11.0 Å². The zero-order valence-corrected chi connectivity index (χ0v) is 11.0. The second-order valence-corrected chi connectivity index (χ2v) is 5.42. The van der Waals surface area contributed by atoms with Gasteiger partial charge in [0.15, 0.2) is 5.15 Å². The molecule has 0 aromatic carbocycles. The maximum Gasteiger partial charge on any atom is 0.152 e. The van der Waals surface area contributed by atoms with Crippen molar-refractivity contribution in [3.63, 3.8) is 0 Å². The van der Waals surface area contributed by atoms with Gasteiger partial charge in [-0.3, -0.25) is 0 Å². The summed E-state index contributed by atoms with van der Waals surface area (Å²) in [5.41, 5.74) is 0.935. The maximum absolute atomic E-state index is 6.03. The topological polar surface area (TPSA) is 24.9 Å². The number of hydrogen-bond donors (Lipinski definition) is 1. The molecule has 1 heterocycles. The third-order valence-electron chi connectivity index (χ3n) is 3.01. The van der Waals surface area contributed by atoms with Crippen molar-refractivity contribution in [1.82, 2.24) is 4.98 Å². The van der Waals surface area contributed by atoms with Gasteiger partial charge in [-0.25, -0.2) is 4.98 Å². The Kier molecular flexibility index (Phi) is 3.52. The molecule has 0 amide bonds. The van der Waals surface area contributed by atoms with Crippen LogP contribution in [0.5, 0.6) is 0 Å². The number of nitrogens with zero attached hydrogens (tertiary/aromatic N) is 1. The molecule has 2 atom stereocenters. The molecule has 1 aromatic rings. The molecule has 0 bridgehead atoms. The van der Waals surface area contributed by atoms with E-state index in [0.717, 1.165) is 16.1 Å². The number of hydrogen-bond acceptors (Lipinski definition) is 2. The average molecular weight is 290 g/mol. The Morgan fingerprint density at radius 3 is 3.00 bits per heavy atom. The first-order valence-electron chi connectivity index (χ1n) is 5.24. The van der Waals surface area contributed by atoms with Crippen LogP contribution in [0.25, 0.3) is 0 Å². The standard InChI is InChI=1S/C11H14BrClN2/c1-7-3-2-4-9(7)15-10-5-8(12)6-14-11(10)13/h5-7,9,15H,2-4H2,1H3. The highest BCUT2D eigenvalue weighted by molar-refractivity contribution is 9.10. The molecule has 82 valence electrons. The Morgan fingerprint density at radius 1 is 1.53 bits per heavy atom. The molecule has 0 radical (unpaired) electrons. The summed E-state index contributed by atoms with van der Waals surface area (Å²) in [5, 5.41) is 4.03. The van der Waals surface area contributed by atoms with Crippen LogP contribution >= 0.6 is 27.5 Å². The molecule has 4 heteroatoms. The SMILES string of the molecule is CC1CCCC1Nc1cc(Br)cnc1Cl. The Balaban J connectivity index is 2.12. The number of pyridine rings is 1.